The van der Waals surface area contributed by atoms with Gasteiger partial charge in [-0.2, -0.15) is 5.10 Å². The molecule has 1 fully saturated rings. The minimum absolute atomic E-state index is 0.0940. The van der Waals surface area contributed by atoms with Gasteiger partial charge in [0.2, 0.25) is 0 Å². The van der Waals surface area contributed by atoms with Gasteiger partial charge in [0.1, 0.15) is 15.8 Å². The summed E-state index contributed by atoms with van der Waals surface area (Å²) in [6, 6.07) is 17.8. The average Bonchev–Trinajstić information content (AvgIpc) is 3.30. The van der Waals surface area contributed by atoms with Crippen LogP contribution in [0.3, 0.4) is 0 Å². The molecule has 30 heavy (non-hydrogen) atoms. The maximum atomic E-state index is 12.5. The van der Waals surface area contributed by atoms with Crippen LogP contribution in [0.5, 0.6) is 5.75 Å². The molecule has 0 saturated carbocycles. The molecule has 2 heterocycles. The molecule has 3 aromatic rings. The Morgan fingerprint density at radius 1 is 1.17 bits per heavy atom. The molecule has 4 rings (SSSR count). The predicted octanol–water partition coefficient (Wildman–Crippen LogP) is 5.16. The standard InChI is InChI=1S/C23H21N3O2S2/c1-3-12-28-19-11-7-8-16(13-19)21-17(14-20-22(27)25(2)23(29)30-20)15-26(24-21)18-9-5-4-6-10-18/h4-11,13-15H,3,12H2,1-2H3. The van der Waals surface area contributed by atoms with Crippen LogP contribution in [0, 0.1) is 0 Å². The topological polar surface area (TPSA) is 47.4 Å². The third-order valence-corrected chi connectivity index (χ3v) is 6.10. The molecule has 1 aliphatic rings. The fourth-order valence-corrected chi connectivity index (χ4v) is 4.24. The van der Waals surface area contributed by atoms with Crippen molar-refractivity contribution in [3.63, 3.8) is 0 Å². The van der Waals surface area contributed by atoms with Crippen molar-refractivity contribution >= 4 is 40.3 Å². The minimum Gasteiger partial charge on any atom is -0.494 e. The number of thiocarbonyl (C=S) groups is 1. The van der Waals surface area contributed by atoms with E-state index in [0.29, 0.717) is 15.8 Å². The highest BCUT2D eigenvalue weighted by Gasteiger charge is 2.29. The Labute approximate surface area is 185 Å². The number of hydrogen-bond donors (Lipinski definition) is 0. The van der Waals surface area contributed by atoms with Crippen molar-refractivity contribution in [2.75, 3.05) is 13.7 Å². The van der Waals surface area contributed by atoms with Crippen molar-refractivity contribution in [2.45, 2.75) is 13.3 Å². The second-order valence-electron chi connectivity index (χ2n) is 6.83. The number of ether oxygens (including phenoxy) is 1. The molecule has 0 atom stereocenters. The quantitative estimate of drug-likeness (QED) is 0.395. The molecule has 7 heteroatoms. The molecule has 0 aliphatic carbocycles. The van der Waals surface area contributed by atoms with Crippen LogP contribution >= 0.6 is 24.0 Å². The predicted molar refractivity (Wildman–Crippen MR) is 126 cm³/mol. The molecule has 2 aromatic carbocycles. The lowest BCUT2D eigenvalue weighted by atomic mass is 10.1. The highest BCUT2D eigenvalue weighted by molar-refractivity contribution is 8.26. The van der Waals surface area contributed by atoms with Crippen LogP contribution in [0.4, 0.5) is 0 Å². The monoisotopic (exact) mass is 435 g/mol. The Morgan fingerprint density at radius 3 is 2.67 bits per heavy atom. The van der Waals surface area contributed by atoms with Gasteiger partial charge < -0.3 is 4.74 Å². The summed E-state index contributed by atoms with van der Waals surface area (Å²) in [5.41, 5.74) is 3.50. The Kier molecular flexibility index (Phi) is 6.01. The van der Waals surface area contributed by atoms with Crippen molar-refractivity contribution in [1.29, 1.82) is 0 Å². The fraction of sp³-hybridized carbons (Fsp3) is 0.174. The normalized spacial score (nSPS) is 15.3. The maximum Gasteiger partial charge on any atom is 0.265 e. The third kappa shape index (κ3) is 4.17. The number of amides is 1. The molecule has 1 aromatic heterocycles. The van der Waals surface area contributed by atoms with E-state index in [2.05, 4.69) is 6.92 Å². The number of carbonyl (C=O) groups excluding carboxylic acids is 1. The zero-order valence-corrected chi connectivity index (χ0v) is 18.4. The van der Waals surface area contributed by atoms with Gasteiger partial charge in [-0.3, -0.25) is 9.69 Å². The average molecular weight is 436 g/mol. The molecule has 0 spiro atoms. The van der Waals surface area contributed by atoms with Crippen molar-refractivity contribution in [3.05, 3.63) is 71.3 Å². The molecular formula is C23H21N3O2S2. The van der Waals surface area contributed by atoms with E-state index < -0.39 is 0 Å². The van der Waals surface area contributed by atoms with Gasteiger partial charge in [0, 0.05) is 24.4 Å². The molecule has 5 nitrogen and oxygen atoms in total. The van der Waals surface area contributed by atoms with Crippen LogP contribution < -0.4 is 4.74 Å². The molecule has 0 unspecified atom stereocenters. The highest BCUT2D eigenvalue weighted by Crippen LogP contribution is 2.34. The van der Waals surface area contributed by atoms with E-state index in [-0.39, 0.29) is 5.91 Å². The SMILES string of the molecule is CCCOc1cccc(-c2nn(-c3ccccc3)cc2C=C2SC(=S)N(C)C2=O)c1. The van der Waals surface area contributed by atoms with Gasteiger partial charge in [-0.1, -0.05) is 61.2 Å². The Balaban J connectivity index is 1.80. The number of likely N-dealkylation sites (N-methyl/N-ethyl adjacent to an activating group) is 1. The van der Waals surface area contributed by atoms with Crippen molar-refractivity contribution < 1.29 is 9.53 Å². The van der Waals surface area contributed by atoms with E-state index >= 15 is 0 Å². The summed E-state index contributed by atoms with van der Waals surface area (Å²) in [7, 11) is 1.70. The van der Waals surface area contributed by atoms with E-state index in [0.717, 1.165) is 34.7 Å². The molecular weight excluding hydrogens is 414 g/mol. The highest BCUT2D eigenvalue weighted by atomic mass is 32.2. The molecule has 0 bridgehead atoms. The van der Waals surface area contributed by atoms with E-state index in [1.165, 1.54) is 16.7 Å². The lowest BCUT2D eigenvalue weighted by Gasteiger charge is -2.06. The van der Waals surface area contributed by atoms with Gasteiger partial charge >= 0.3 is 0 Å². The first kappa shape index (κ1) is 20.4. The minimum atomic E-state index is -0.0940. The second-order valence-corrected chi connectivity index (χ2v) is 8.51. The van der Waals surface area contributed by atoms with E-state index in [9.17, 15) is 4.79 Å². The van der Waals surface area contributed by atoms with E-state index in [1.807, 2.05) is 71.6 Å². The van der Waals surface area contributed by atoms with E-state index in [4.69, 9.17) is 22.1 Å². The molecule has 1 aliphatic heterocycles. The van der Waals surface area contributed by atoms with Gasteiger partial charge in [-0.05, 0) is 36.8 Å². The smallest absolute Gasteiger partial charge is 0.265 e. The molecule has 0 N–H and O–H groups in total. The summed E-state index contributed by atoms with van der Waals surface area (Å²) in [4.78, 5) is 14.6. The Hall–Kier alpha value is -2.90. The van der Waals surface area contributed by atoms with Crippen LogP contribution in [0.15, 0.2) is 65.7 Å². The summed E-state index contributed by atoms with van der Waals surface area (Å²) in [5, 5.41) is 4.83. The van der Waals surface area contributed by atoms with Crippen molar-refractivity contribution in [3.8, 4) is 22.7 Å². The van der Waals surface area contributed by atoms with Gasteiger partial charge in [-0.15, -0.1) is 0 Å². The first-order valence-corrected chi connectivity index (χ1v) is 10.9. The zero-order chi connectivity index (χ0) is 21.1. The molecule has 1 amide bonds. The number of aromatic nitrogens is 2. The third-order valence-electron chi connectivity index (χ3n) is 4.62. The molecule has 0 radical (unpaired) electrons. The van der Waals surface area contributed by atoms with Gasteiger partial charge in [0.05, 0.1) is 17.2 Å². The number of rotatable bonds is 6. The Bertz CT molecular complexity index is 1120. The summed E-state index contributed by atoms with van der Waals surface area (Å²) >= 11 is 6.57. The summed E-state index contributed by atoms with van der Waals surface area (Å²) in [6.45, 7) is 2.74. The van der Waals surface area contributed by atoms with Crippen LogP contribution in [-0.2, 0) is 4.79 Å². The van der Waals surface area contributed by atoms with E-state index in [1.54, 1.807) is 7.05 Å². The Morgan fingerprint density at radius 2 is 1.97 bits per heavy atom. The first-order valence-electron chi connectivity index (χ1n) is 9.66. The number of thioether (sulfide) groups is 1. The van der Waals surface area contributed by atoms with Gasteiger partial charge in [0.15, 0.2) is 0 Å². The first-order chi connectivity index (χ1) is 14.6. The van der Waals surface area contributed by atoms with Crippen LogP contribution in [0.25, 0.3) is 23.0 Å². The number of carbonyl (C=O) groups is 1. The molecule has 1 saturated heterocycles. The van der Waals surface area contributed by atoms with Crippen LogP contribution in [-0.4, -0.2) is 38.6 Å². The lowest BCUT2D eigenvalue weighted by Crippen LogP contribution is -2.22. The van der Waals surface area contributed by atoms with Crippen LogP contribution in [0.2, 0.25) is 0 Å². The largest absolute Gasteiger partial charge is 0.494 e. The second kappa shape index (κ2) is 8.85. The summed E-state index contributed by atoms with van der Waals surface area (Å²) in [5.74, 6) is 0.706. The fourth-order valence-electron chi connectivity index (χ4n) is 3.07. The number of nitrogens with zero attached hydrogens (tertiary/aromatic N) is 3. The van der Waals surface area contributed by atoms with Gasteiger partial charge in [-0.25, -0.2) is 4.68 Å². The van der Waals surface area contributed by atoms with Crippen molar-refractivity contribution in [1.82, 2.24) is 14.7 Å². The number of benzene rings is 2. The zero-order valence-electron chi connectivity index (χ0n) is 16.7. The lowest BCUT2D eigenvalue weighted by molar-refractivity contribution is -0.121. The summed E-state index contributed by atoms with van der Waals surface area (Å²) in [6.07, 6.45) is 4.74. The van der Waals surface area contributed by atoms with Crippen molar-refractivity contribution in [2.24, 2.45) is 0 Å². The number of para-hydroxylation sites is 1. The molecule has 152 valence electrons. The van der Waals surface area contributed by atoms with Gasteiger partial charge in [0.25, 0.3) is 5.91 Å². The maximum absolute atomic E-state index is 12.5. The number of hydrogen-bond acceptors (Lipinski definition) is 5. The van der Waals surface area contributed by atoms with Crippen LogP contribution in [0.1, 0.15) is 18.9 Å². The summed E-state index contributed by atoms with van der Waals surface area (Å²) < 4.78 is 8.18.